The van der Waals surface area contributed by atoms with Crippen molar-refractivity contribution in [2.24, 2.45) is 5.73 Å². The summed E-state index contributed by atoms with van der Waals surface area (Å²) in [5, 5.41) is 0.349. The molecule has 2 N–H and O–H groups in total. The first-order valence-corrected chi connectivity index (χ1v) is 7.99. The van der Waals surface area contributed by atoms with Gasteiger partial charge in [0.1, 0.15) is 18.2 Å². The van der Waals surface area contributed by atoms with Gasteiger partial charge in [0, 0.05) is 17.1 Å². The molecular weight excluding hydrogens is 360 g/mol. The topological polar surface area (TPSA) is 35.2 Å². The van der Waals surface area contributed by atoms with Gasteiger partial charge in [0.2, 0.25) is 0 Å². The molecule has 0 atom stereocenters. The van der Waals surface area contributed by atoms with Crippen LogP contribution in [0.15, 0.2) is 66.7 Å². The van der Waals surface area contributed by atoms with Gasteiger partial charge in [0.05, 0.1) is 0 Å². The van der Waals surface area contributed by atoms with E-state index in [1.165, 1.54) is 12.1 Å². The Kier molecular flexibility index (Phi) is 6.82. The number of ether oxygens (including phenoxy) is 1. The fraction of sp³-hybridized carbons (Fsp3) is 0.100. The fourth-order valence-electron chi connectivity index (χ4n) is 2.50. The van der Waals surface area contributed by atoms with E-state index in [1.807, 2.05) is 48.5 Å². The molecule has 0 unspecified atom stereocenters. The standard InChI is InChI=1S/C20H17ClFNO.ClH/c21-17-9-16(10-18(22)11-17)19-7-6-15(12-23)8-20(19)24-13-14-4-2-1-3-5-14;/h1-11H,12-13,23H2;1H. The summed E-state index contributed by atoms with van der Waals surface area (Å²) in [5.41, 5.74) is 9.18. The third kappa shape index (κ3) is 4.95. The maximum absolute atomic E-state index is 13.7. The average molecular weight is 378 g/mol. The SMILES string of the molecule is Cl.NCc1ccc(-c2cc(F)cc(Cl)c2)c(OCc2ccccc2)c1. The summed E-state index contributed by atoms with van der Waals surface area (Å²) in [6, 6.07) is 20.0. The van der Waals surface area contributed by atoms with Gasteiger partial charge in [-0.25, -0.2) is 4.39 Å². The first-order chi connectivity index (χ1) is 11.7. The van der Waals surface area contributed by atoms with E-state index in [0.29, 0.717) is 29.5 Å². The van der Waals surface area contributed by atoms with Crippen LogP contribution in [0.4, 0.5) is 4.39 Å². The molecule has 0 saturated carbocycles. The van der Waals surface area contributed by atoms with Gasteiger partial charge in [0.25, 0.3) is 0 Å². The van der Waals surface area contributed by atoms with E-state index in [0.717, 1.165) is 16.7 Å². The number of nitrogens with two attached hydrogens (primary N) is 1. The Morgan fingerprint density at radius 3 is 2.36 bits per heavy atom. The van der Waals surface area contributed by atoms with Gasteiger partial charge in [-0.05, 0) is 41.0 Å². The number of halogens is 3. The van der Waals surface area contributed by atoms with Crippen molar-refractivity contribution in [3.05, 3.63) is 88.7 Å². The van der Waals surface area contributed by atoms with Crippen LogP contribution in [0.5, 0.6) is 5.75 Å². The zero-order valence-electron chi connectivity index (χ0n) is 13.4. The molecule has 0 aliphatic carbocycles. The third-order valence-corrected chi connectivity index (χ3v) is 3.91. The summed E-state index contributed by atoms with van der Waals surface area (Å²) < 4.78 is 19.7. The minimum absolute atomic E-state index is 0. The van der Waals surface area contributed by atoms with Crippen molar-refractivity contribution < 1.29 is 9.13 Å². The van der Waals surface area contributed by atoms with E-state index >= 15 is 0 Å². The van der Waals surface area contributed by atoms with E-state index in [9.17, 15) is 4.39 Å². The molecule has 0 saturated heterocycles. The molecule has 0 radical (unpaired) electrons. The maximum Gasteiger partial charge on any atom is 0.127 e. The largest absolute Gasteiger partial charge is 0.488 e. The van der Waals surface area contributed by atoms with E-state index in [1.54, 1.807) is 6.07 Å². The number of benzene rings is 3. The molecule has 0 heterocycles. The fourth-order valence-corrected chi connectivity index (χ4v) is 2.72. The lowest BCUT2D eigenvalue weighted by Gasteiger charge is -2.14. The Morgan fingerprint density at radius 1 is 0.920 bits per heavy atom. The zero-order valence-corrected chi connectivity index (χ0v) is 15.0. The molecule has 0 spiro atoms. The molecular formula is C20H18Cl2FNO. The van der Waals surface area contributed by atoms with Gasteiger partial charge < -0.3 is 10.5 Å². The summed E-state index contributed by atoms with van der Waals surface area (Å²) in [4.78, 5) is 0. The lowest BCUT2D eigenvalue weighted by molar-refractivity contribution is 0.307. The lowest BCUT2D eigenvalue weighted by Crippen LogP contribution is -2.01. The van der Waals surface area contributed by atoms with Crippen LogP contribution in [0.25, 0.3) is 11.1 Å². The van der Waals surface area contributed by atoms with Crippen molar-refractivity contribution >= 4 is 24.0 Å². The van der Waals surface area contributed by atoms with Gasteiger partial charge >= 0.3 is 0 Å². The van der Waals surface area contributed by atoms with Crippen LogP contribution < -0.4 is 10.5 Å². The number of hydrogen-bond acceptors (Lipinski definition) is 2. The van der Waals surface area contributed by atoms with Crippen LogP contribution in [0.1, 0.15) is 11.1 Å². The summed E-state index contributed by atoms with van der Waals surface area (Å²) >= 11 is 5.98. The van der Waals surface area contributed by atoms with Gasteiger partial charge in [0.15, 0.2) is 0 Å². The van der Waals surface area contributed by atoms with Crippen molar-refractivity contribution in [2.75, 3.05) is 0 Å². The Balaban J connectivity index is 0.00000225. The highest BCUT2D eigenvalue weighted by Crippen LogP contribution is 2.33. The molecule has 130 valence electrons. The first-order valence-electron chi connectivity index (χ1n) is 7.62. The molecule has 0 bridgehead atoms. The zero-order chi connectivity index (χ0) is 16.9. The summed E-state index contributed by atoms with van der Waals surface area (Å²) in [7, 11) is 0. The quantitative estimate of drug-likeness (QED) is 0.627. The lowest BCUT2D eigenvalue weighted by atomic mass is 10.0. The van der Waals surface area contributed by atoms with Crippen molar-refractivity contribution in [1.29, 1.82) is 0 Å². The van der Waals surface area contributed by atoms with Gasteiger partial charge in [-0.2, -0.15) is 0 Å². The molecule has 0 amide bonds. The molecule has 0 fully saturated rings. The predicted molar refractivity (Wildman–Crippen MR) is 103 cm³/mol. The third-order valence-electron chi connectivity index (χ3n) is 3.69. The monoisotopic (exact) mass is 377 g/mol. The van der Waals surface area contributed by atoms with Crippen LogP contribution in [-0.2, 0) is 13.2 Å². The highest BCUT2D eigenvalue weighted by molar-refractivity contribution is 6.30. The van der Waals surface area contributed by atoms with Crippen LogP contribution in [0.2, 0.25) is 5.02 Å². The molecule has 5 heteroatoms. The molecule has 2 nitrogen and oxygen atoms in total. The van der Waals surface area contributed by atoms with Crippen molar-refractivity contribution in [1.82, 2.24) is 0 Å². The van der Waals surface area contributed by atoms with Crippen LogP contribution in [0, 0.1) is 5.82 Å². The molecule has 0 aliphatic heterocycles. The second-order valence-corrected chi connectivity index (χ2v) is 5.90. The summed E-state index contributed by atoms with van der Waals surface area (Å²) in [5.74, 6) is 0.276. The number of hydrogen-bond donors (Lipinski definition) is 1. The summed E-state index contributed by atoms with van der Waals surface area (Å²) in [6.07, 6.45) is 0. The number of rotatable bonds is 5. The van der Waals surface area contributed by atoms with Gasteiger partial charge in [-0.15, -0.1) is 12.4 Å². The Hall–Kier alpha value is -2.07. The normalized spacial score (nSPS) is 10.2. The Bertz CT molecular complexity index is 820. The molecule has 25 heavy (non-hydrogen) atoms. The van der Waals surface area contributed by atoms with E-state index in [-0.39, 0.29) is 18.2 Å². The van der Waals surface area contributed by atoms with Gasteiger partial charge in [-0.1, -0.05) is 54.1 Å². The van der Waals surface area contributed by atoms with Crippen molar-refractivity contribution in [2.45, 2.75) is 13.2 Å². The molecule has 3 aromatic rings. The average Bonchev–Trinajstić information content (AvgIpc) is 2.59. The van der Waals surface area contributed by atoms with Crippen molar-refractivity contribution in [3.63, 3.8) is 0 Å². The molecule has 3 rings (SSSR count). The summed E-state index contributed by atoms with van der Waals surface area (Å²) in [6.45, 7) is 0.830. The van der Waals surface area contributed by atoms with Crippen LogP contribution >= 0.6 is 24.0 Å². The van der Waals surface area contributed by atoms with Crippen LogP contribution in [0.3, 0.4) is 0 Å². The second kappa shape index (κ2) is 8.86. The van der Waals surface area contributed by atoms with E-state index in [2.05, 4.69) is 0 Å². The Labute approximate surface area is 157 Å². The Morgan fingerprint density at radius 2 is 1.68 bits per heavy atom. The predicted octanol–water partition coefficient (Wildman–Crippen LogP) is 5.61. The highest BCUT2D eigenvalue weighted by Gasteiger charge is 2.10. The van der Waals surface area contributed by atoms with Crippen LogP contribution in [-0.4, -0.2) is 0 Å². The highest BCUT2D eigenvalue weighted by atomic mass is 35.5. The van der Waals surface area contributed by atoms with E-state index in [4.69, 9.17) is 22.1 Å². The minimum atomic E-state index is -0.380. The molecule has 0 aromatic heterocycles. The van der Waals surface area contributed by atoms with E-state index < -0.39 is 0 Å². The first kappa shape index (κ1) is 19.3. The maximum atomic E-state index is 13.7. The molecule has 0 aliphatic rings. The van der Waals surface area contributed by atoms with Crippen molar-refractivity contribution in [3.8, 4) is 16.9 Å². The minimum Gasteiger partial charge on any atom is -0.488 e. The molecule has 3 aromatic carbocycles. The smallest absolute Gasteiger partial charge is 0.127 e. The van der Waals surface area contributed by atoms with Gasteiger partial charge in [-0.3, -0.25) is 0 Å². The second-order valence-electron chi connectivity index (χ2n) is 5.47.